The minimum Gasteiger partial charge on any atom is -0.374 e. The Bertz CT molecular complexity index is 431. The van der Waals surface area contributed by atoms with E-state index >= 15 is 0 Å². The molecule has 0 saturated heterocycles. The maximum atomic E-state index is 13.6. The third kappa shape index (κ3) is 4.72. The number of rotatable bonds is 7. The molecule has 6 nitrogen and oxygen atoms in total. The van der Waals surface area contributed by atoms with E-state index in [1.54, 1.807) is 0 Å². The molecular formula is C10H13F3N4O2. The van der Waals surface area contributed by atoms with E-state index in [1.165, 1.54) is 12.3 Å². The molecule has 0 fully saturated rings. The topological polar surface area (TPSA) is 89.3 Å². The van der Waals surface area contributed by atoms with Crippen molar-refractivity contribution in [1.82, 2.24) is 10.3 Å². The second-order valence-electron chi connectivity index (χ2n) is 3.39. The van der Waals surface area contributed by atoms with Crippen molar-refractivity contribution in [1.29, 1.82) is 0 Å². The standard InChI is InChI=1S/C10H13F3N4O2/c11-7(12)5-19-4-3-16-10(18)6-1-2-15-9(17-14)8(6)13/h1-2,7H,3-5,14H2,(H,15,17)(H,16,18). The molecule has 0 aliphatic rings. The number of ether oxygens (including phenoxy) is 1. The van der Waals surface area contributed by atoms with Gasteiger partial charge in [-0.1, -0.05) is 0 Å². The fourth-order valence-electron chi connectivity index (χ4n) is 1.22. The van der Waals surface area contributed by atoms with E-state index in [-0.39, 0.29) is 24.5 Å². The van der Waals surface area contributed by atoms with Gasteiger partial charge in [0.2, 0.25) is 0 Å². The molecule has 0 atom stereocenters. The Hall–Kier alpha value is -1.87. The van der Waals surface area contributed by atoms with E-state index in [9.17, 15) is 18.0 Å². The number of anilines is 1. The summed E-state index contributed by atoms with van der Waals surface area (Å²) in [7, 11) is 0. The van der Waals surface area contributed by atoms with Crippen LogP contribution in [0, 0.1) is 5.82 Å². The van der Waals surface area contributed by atoms with E-state index < -0.39 is 24.8 Å². The van der Waals surface area contributed by atoms with Crippen LogP contribution in [0.4, 0.5) is 19.0 Å². The molecule has 9 heteroatoms. The van der Waals surface area contributed by atoms with Gasteiger partial charge in [0.1, 0.15) is 6.61 Å². The molecule has 0 unspecified atom stereocenters. The fourth-order valence-corrected chi connectivity index (χ4v) is 1.22. The van der Waals surface area contributed by atoms with Crippen LogP contribution in [-0.2, 0) is 4.74 Å². The van der Waals surface area contributed by atoms with E-state index in [0.717, 1.165) is 0 Å². The number of pyridine rings is 1. The molecule has 0 radical (unpaired) electrons. The number of nitrogens with one attached hydrogen (secondary N) is 2. The molecule has 4 N–H and O–H groups in total. The van der Waals surface area contributed by atoms with Gasteiger partial charge in [-0.3, -0.25) is 4.79 Å². The first-order valence-corrected chi connectivity index (χ1v) is 5.31. The monoisotopic (exact) mass is 278 g/mol. The lowest BCUT2D eigenvalue weighted by Gasteiger charge is -2.08. The van der Waals surface area contributed by atoms with Gasteiger partial charge in [-0.25, -0.2) is 24.0 Å². The van der Waals surface area contributed by atoms with Crippen LogP contribution in [0.15, 0.2) is 12.3 Å². The second-order valence-corrected chi connectivity index (χ2v) is 3.39. The predicted octanol–water partition coefficient (Wildman–Crippen LogP) is 0.518. The number of hydrogen-bond donors (Lipinski definition) is 3. The summed E-state index contributed by atoms with van der Waals surface area (Å²) in [6.07, 6.45) is -1.35. The lowest BCUT2D eigenvalue weighted by Crippen LogP contribution is -2.29. The molecular weight excluding hydrogens is 265 g/mol. The molecule has 0 aliphatic carbocycles. The molecule has 1 aromatic heterocycles. The van der Waals surface area contributed by atoms with Crippen molar-refractivity contribution in [3.8, 4) is 0 Å². The largest absolute Gasteiger partial charge is 0.374 e. The summed E-state index contributed by atoms with van der Waals surface area (Å²) >= 11 is 0. The number of nitrogens with zero attached hydrogens (tertiary/aromatic N) is 1. The minimum atomic E-state index is -2.56. The number of alkyl halides is 2. The number of aromatic nitrogens is 1. The summed E-state index contributed by atoms with van der Waals surface area (Å²) in [5, 5.41) is 2.32. The second kappa shape index (κ2) is 7.54. The first-order valence-electron chi connectivity index (χ1n) is 5.31. The van der Waals surface area contributed by atoms with Gasteiger partial charge in [0.15, 0.2) is 11.6 Å². The summed E-state index contributed by atoms with van der Waals surface area (Å²) in [5.41, 5.74) is 1.75. The van der Waals surface area contributed by atoms with Gasteiger partial charge in [0.05, 0.1) is 12.2 Å². The number of amides is 1. The van der Waals surface area contributed by atoms with Crippen LogP contribution < -0.4 is 16.6 Å². The lowest BCUT2D eigenvalue weighted by molar-refractivity contribution is 0.0188. The van der Waals surface area contributed by atoms with Gasteiger partial charge in [-0.2, -0.15) is 0 Å². The van der Waals surface area contributed by atoms with Gasteiger partial charge in [0.25, 0.3) is 12.3 Å². The van der Waals surface area contributed by atoms with Crippen LogP contribution >= 0.6 is 0 Å². The molecule has 1 amide bonds. The zero-order valence-corrected chi connectivity index (χ0v) is 9.83. The number of hydrazine groups is 1. The number of nitrogen functional groups attached to an aromatic ring is 1. The molecule has 0 spiro atoms. The molecule has 19 heavy (non-hydrogen) atoms. The fraction of sp³-hybridized carbons (Fsp3) is 0.400. The van der Waals surface area contributed by atoms with Crippen LogP contribution in [0.5, 0.6) is 0 Å². The summed E-state index contributed by atoms with van der Waals surface area (Å²) in [4.78, 5) is 15.1. The number of nitrogens with two attached hydrogens (primary N) is 1. The summed E-state index contributed by atoms with van der Waals surface area (Å²) < 4.78 is 41.6. The molecule has 1 aromatic rings. The summed E-state index contributed by atoms with van der Waals surface area (Å²) in [6.45, 7) is -0.815. The van der Waals surface area contributed by atoms with E-state index in [2.05, 4.69) is 15.0 Å². The normalized spacial score (nSPS) is 10.6. The smallest absolute Gasteiger partial charge is 0.261 e. The molecule has 106 valence electrons. The first-order chi connectivity index (χ1) is 9.06. The summed E-state index contributed by atoms with van der Waals surface area (Å²) in [6, 6.07) is 1.17. The van der Waals surface area contributed by atoms with Crippen molar-refractivity contribution in [2.75, 3.05) is 25.2 Å². The van der Waals surface area contributed by atoms with Crippen LogP contribution in [-0.4, -0.2) is 37.1 Å². The summed E-state index contributed by atoms with van der Waals surface area (Å²) in [5.74, 6) is 3.15. The molecule has 1 heterocycles. The molecule has 0 aromatic carbocycles. The Morgan fingerprint density at radius 2 is 2.26 bits per heavy atom. The molecule has 0 aliphatic heterocycles. The average Bonchev–Trinajstić information content (AvgIpc) is 2.38. The quantitative estimate of drug-likeness (QED) is 0.384. The maximum absolute atomic E-state index is 13.6. The Labute approximate surface area is 107 Å². The van der Waals surface area contributed by atoms with Crippen molar-refractivity contribution in [2.24, 2.45) is 5.84 Å². The Morgan fingerprint density at radius 1 is 1.53 bits per heavy atom. The highest BCUT2D eigenvalue weighted by Gasteiger charge is 2.15. The predicted molar refractivity (Wildman–Crippen MR) is 61.2 cm³/mol. The molecule has 1 rings (SSSR count). The van der Waals surface area contributed by atoms with Crippen molar-refractivity contribution < 1.29 is 22.7 Å². The molecule has 0 saturated carbocycles. The van der Waals surface area contributed by atoms with Crippen LogP contribution in [0.3, 0.4) is 0 Å². The average molecular weight is 278 g/mol. The van der Waals surface area contributed by atoms with Gasteiger partial charge < -0.3 is 15.5 Å². The zero-order valence-electron chi connectivity index (χ0n) is 9.83. The van der Waals surface area contributed by atoms with Crippen molar-refractivity contribution >= 4 is 11.7 Å². The van der Waals surface area contributed by atoms with Crippen LogP contribution in [0.2, 0.25) is 0 Å². The number of carbonyl (C=O) groups is 1. The van der Waals surface area contributed by atoms with Crippen LogP contribution in [0.1, 0.15) is 10.4 Å². The maximum Gasteiger partial charge on any atom is 0.261 e. The number of hydrogen-bond acceptors (Lipinski definition) is 5. The van der Waals surface area contributed by atoms with Crippen molar-refractivity contribution in [3.05, 3.63) is 23.6 Å². The third-order valence-electron chi connectivity index (χ3n) is 2.05. The van der Waals surface area contributed by atoms with E-state index in [0.29, 0.717) is 0 Å². The highest BCUT2D eigenvalue weighted by Crippen LogP contribution is 2.13. The van der Waals surface area contributed by atoms with Gasteiger partial charge in [-0.15, -0.1) is 0 Å². The number of halogens is 3. The highest BCUT2D eigenvalue weighted by molar-refractivity contribution is 5.95. The third-order valence-corrected chi connectivity index (χ3v) is 2.05. The number of carbonyl (C=O) groups excluding carboxylic acids is 1. The van der Waals surface area contributed by atoms with Crippen molar-refractivity contribution in [3.63, 3.8) is 0 Å². The van der Waals surface area contributed by atoms with Gasteiger partial charge in [0, 0.05) is 12.7 Å². The minimum absolute atomic E-state index is 0.0152. The zero-order chi connectivity index (χ0) is 14.3. The van der Waals surface area contributed by atoms with Gasteiger partial charge in [-0.05, 0) is 6.07 Å². The van der Waals surface area contributed by atoms with Gasteiger partial charge >= 0.3 is 0 Å². The Balaban J connectivity index is 2.46. The Morgan fingerprint density at radius 3 is 2.89 bits per heavy atom. The van der Waals surface area contributed by atoms with Crippen LogP contribution in [0.25, 0.3) is 0 Å². The lowest BCUT2D eigenvalue weighted by atomic mass is 10.2. The van der Waals surface area contributed by atoms with Crippen molar-refractivity contribution in [2.45, 2.75) is 6.43 Å². The Kier molecular flexibility index (Phi) is 6.03. The molecule has 0 bridgehead atoms. The van der Waals surface area contributed by atoms with E-state index in [1.807, 2.05) is 5.43 Å². The first kappa shape index (κ1) is 15.2. The highest BCUT2D eigenvalue weighted by atomic mass is 19.3. The van der Waals surface area contributed by atoms with E-state index in [4.69, 9.17) is 5.84 Å². The SMILES string of the molecule is NNc1nccc(C(=O)NCCOCC(F)F)c1F.